The molecule has 0 unspecified atom stereocenters. The summed E-state index contributed by atoms with van der Waals surface area (Å²) in [5.41, 5.74) is 1.03. The topological polar surface area (TPSA) is 35.5 Å². The monoisotopic (exact) mass is 274 g/mol. The molecule has 1 saturated carbocycles. The van der Waals surface area contributed by atoms with Crippen LogP contribution in [0.25, 0.3) is 0 Å². The number of hydrogen-bond acceptors (Lipinski definition) is 3. The third-order valence-electron chi connectivity index (χ3n) is 4.35. The minimum absolute atomic E-state index is 0.157. The lowest BCUT2D eigenvalue weighted by Gasteiger charge is -2.36. The lowest BCUT2D eigenvalue weighted by molar-refractivity contribution is -0.134. The van der Waals surface area contributed by atoms with E-state index in [2.05, 4.69) is 12.1 Å². The summed E-state index contributed by atoms with van der Waals surface area (Å²) in [5.74, 6) is 0.657. The van der Waals surface area contributed by atoms with Gasteiger partial charge in [0.2, 0.25) is 0 Å². The van der Waals surface area contributed by atoms with Crippen molar-refractivity contribution >= 4 is 5.78 Å². The Morgan fingerprint density at radius 3 is 2.90 bits per heavy atom. The molecule has 3 nitrogen and oxygen atoms in total. The van der Waals surface area contributed by atoms with Crippen molar-refractivity contribution in [3.8, 4) is 0 Å². The summed E-state index contributed by atoms with van der Waals surface area (Å²) in [6.07, 6.45) is 4.37. The van der Waals surface area contributed by atoms with Crippen molar-refractivity contribution in [2.24, 2.45) is 5.92 Å². The average Bonchev–Trinajstić information content (AvgIpc) is 2.87. The van der Waals surface area contributed by atoms with Crippen LogP contribution in [0.15, 0.2) is 30.3 Å². The molecule has 108 valence electrons. The first-order valence-electron chi connectivity index (χ1n) is 7.53. The Kier molecular flexibility index (Phi) is 4.18. The molecule has 20 heavy (non-hydrogen) atoms. The van der Waals surface area contributed by atoms with Gasteiger partial charge in [-0.2, -0.15) is 0 Å². The van der Waals surface area contributed by atoms with Crippen LogP contribution in [0.5, 0.6) is 0 Å². The van der Waals surface area contributed by atoms with Crippen LogP contribution in [0, 0.1) is 5.92 Å². The van der Waals surface area contributed by atoms with Crippen LogP contribution < -0.4 is 0 Å². The van der Waals surface area contributed by atoms with E-state index >= 15 is 0 Å². The van der Waals surface area contributed by atoms with E-state index < -0.39 is 0 Å². The number of ether oxygens (including phenoxy) is 2. The van der Waals surface area contributed by atoms with E-state index in [-0.39, 0.29) is 5.60 Å². The normalized spacial score (nSPS) is 30.0. The third kappa shape index (κ3) is 3.28. The first kappa shape index (κ1) is 13.8. The van der Waals surface area contributed by atoms with Crippen LogP contribution in [-0.2, 0) is 20.9 Å². The van der Waals surface area contributed by atoms with Crippen LogP contribution in [0.4, 0.5) is 0 Å². The minimum Gasteiger partial charge on any atom is -0.376 e. The second kappa shape index (κ2) is 6.06. The predicted octanol–water partition coefficient (Wildman–Crippen LogP) is 3.12. The van der Waals surface area contributed by atoms with E-state index in [1.807, 2.05) is 18.2 Å². The zero-order valence-corrected chi connectivity index (χ0v) is 11.8. The lowest BCUT2D eigenvalue weighted by atomic mass is 9.76. The van der Waals surface area contributed by atoms with Gasteiger partial charge in [0.25, 0.3) is 0 Å². The number of benzene rings is 1. The number of Topliss-reactive ketones (excluding diaryl/α,β-unsaturated/α-hetero) is 1. The largest absolute Gasteiger partial charge is 0.376 e. The molecular formula is C17H22O3. The first-order chi connectivity index (χ1) is 9.76. The number of carbonyl (C=O) groups excluding carboxylic acids is 1. The summed E-state index contributed by atoms with van der Waals surface area (Å²) in [6.45, 7) is 2.09. The Labute approximate surface area is 120 Å². The molecule has 0 aromatic heterocycles. The highest BCUT2D eigenvalue weighted by atomic mass is 16.5. The van der Waals surface area contributed by atoms with Crippen LogP contribution in [0.3, 0.4) is 0 Å². The van der Waals surface area contributed by atoms with E-state index in [4.69, 9.17) is 9.47 Å². The molecule has 2 aliphatic rings. The van der Waals surface area contributed by atoms with Gasteiger partial charge in [-0.25, -0.2) is 0 Å². The maximum absolute atomic E-state index is 11.9. The van der Waals surface area contributed by atoms with Gasteiger partial charge in [0, 0.05) is 19.4 Å². The molecule has 1 heterocycles. The second-order valence-electron chi connectivity index (χ2n) is 6.13. The molecule has 0 N–H and O–H groups in total. The van der Waals surface area contributed by atoms with Crippen molar-refractivity contribution in [3.05, 3.63) is 35.9 Å². The molecule has 0 amide bonds. The SMILES string of the molecule is O=C1C[C@@H](COCc2ccccc2)C[C@@]2(CCCO2)C1. The van der Waals surface area contributed by atoms with Gasteiger partial charge in [-0.1, -0.05) is 30.3 Å². The Hall–Kier alpha value is -1.19. The van der Waals surface area contributed by atoms with Gasteiger partial charge in [0.05, 0.1) is 18.8 Å². The summed E-state index contributed by atoms with van der Waals surface area (Å²) in [4.78, 5) is 11.9. The summed E-state index contributed by atoms with van der Waals surface area (Å²) in [5, 5.41) is 0. The van der Waals surface area contributed by atoms with Gasteiger partial charge >= 0.3 is 0 Å². The highest BCUT2D eigenvalue weighted by Gasteiger charge is 2.43. The number of carbonyl (C=O) groups is 1. The molecule has 1 aliphatic heterocycles. The predicted molar refractivity (Wildman–Crippen MR) is 76.4 cm³/mol. The Morgan fingerprint density at radius 2 is 2.15 bits per heavy atom. The van der Waals surface area contributed by atoms with E-state index in [9.17, 15) is 4.79 Å². The third-order valence-corrected chi connectivity index (χ3v) is 4.35. The smallest absolute Gasteiger partial charge is 0.136 e. The van der Waals surface area contributed by atoms with Gasteiger partial charge in [0.1, 0.15) is 5.78 Å². The Bertz CT molecular complexity index is 449. The van der Waals surface area contributed by atoms with E-state index in [0.29, 0.717) is 37.8 Å². The lowest BCUT2D eigenvalue weighted by Crippen LogP contribution is -2.40. The molecule has 2 fully saturated rings. The van der Waals surface area contributed by atoms with E-state index in [1.165, 1.54) is 5.56 Å². The fourth-order valence-electron chi connectivity index (χ4n) is 3.52. The van der Waals surface area contributed by atoms with Crippen molar-refractivity contribution < 1.29 is 14.3 Å². The summed E-state index contributed by atoms with van der Waals surface area (Å²) in [6, 6.07) is 10.2. The van der Waals surface area contributed by atoms with Crippen molar-refractivity contribution in [2.45, 2.75) is 44.3 Å². The van der Waals surface area contributed by atoms with Crippen LogP contribution in [0.2, 0.25) is 0 Å². The van der Waals surface area contributed by atoms with Crippen LogP contribution in [-0.4, -0.2) is 24.6 Å². The van der Waals surface area contributed by atoms with Crippen molar-refractivity contribution in [1.29, 1.82) is 0 Å². The highest BCUT2D eigenvalue weighted by Crippen LogP contribution is 2.40. The van der Waals surface area contributed by atoms with Gasteiger partial charge < -0.3 is 9.47 Å². The zero-order valence-electron chi connectivity index (χ0n) is 11.8. The molecule has 3 heteroatoms. The molecular weight excluding hydrogens is 252 g/mol. The summed E-state index contributed by atoms with van der Waals surface area (Å²) < 4.78 is 11.7. The summed E-state index contributed by atoms with van der Waals surface area (Å²) in [7, 11) is 0. The molecule has 3 rings (SSSR count). The van der Waals surface area contributed by atoms with Gasteiger partial charge in [-0.3, -0.25) is 4.79 Å². The van der Waals surface area contributed by atoms with Crippen LogP contribution in [0.1, 0.15) is 37.7 Å². The maximum atomic E-state index is 11.9. The van der Waals surface area contributed by atoms with E-state index in [0.717, 1.165) is 25.9 Å². The molecule has 1 spiro atoms. The highest BCUT2D eigenvalue weighted by molar-refractivity contribution is 5.80. The summed E-state index contributed by atoms with van der Waals surface area (Å²) >= 11 is 0. The standard InChI is InChI=1S/C17H22O3/c18-16-9-15(10-17(11-16)7-4-8-20-17)13-19-12-14-5-2-1-3-6-14/h1-3,5-6,15H,4,7-13H2/t15-,17+/m1/s1. The van der Waals surface area contributed by atoms with Gasteiger partial charge in [-0.05, 0) is 30.7 Å². The molecule has 0 bridgehead atoms. The molecule has 1 aromatic rings. The van der Waals surface area contributed by atoms with Gasteiger partial charge in [0.15, 0.2) is 0 Å². The first-order valence-corrected chi connectivity index (χ1v) is 7.53. The fourth-order valence-corrected chi connectivity index (χ4v) is 3.52. The fraction of sp³-hybridized carbons (Fsp3) is 0.588. The Morgan fingerprint density at radius 1 is 1.30 bits per heavy atom. The van der Waals surface area contributed by atoms with Crippen molar-refractivity contribution in [2.75, 3.05) is 13.2 Å². The number of rotatable bonds is 4. The van der Waals surface area contributed by atoms with Crippen molar-refractivity contribution in [3.63, 3.8) is 0 Å². The van der Waals surface area contributed by atoms with E-state index in [1.54, 1.807) is 0 Å². The maximum Gasteiger partial charge on any atom is 0.136 e. The average molecular weight is 274 g/mol. The van der Waals surface area contributed by atoms with Crippen LogP contribution >= 0.6 is 0 Å². The zero-order chi connectivity index (χ0) is 13.8. The molecule has 2 atom stereocenters. The van der Waals surface area contributed by atoms with Gasteiger partial charge in [-0.15, -0.1) is 0 Å². The van der Waals surface area contributed by atoms with Crippen molar-refractivity contribution in [1.82, 2.24) is 0 Å². The Balaban J connectivity index is 1.51. The number of hydrogen-bond donors (Lipinski definition) is 0. The quantitative estimate of drug-likeness (QED) is 0.846. The number of ketones is 1. The molecule has 1 aromatic carbocycles. The molecule has 0 radical (unpaired) electrons. The second-order valence-corrected chi connectivity index (χ2v) is 6.13. The molecule has 1 aliphatic carbocycles. The molecule has 1 saturated heterocycles. The minimum atomic E-state index is -0.157.